The number of rotatable bonds is 4. The molecule has 4 heteroatoms. The SMILES string of the molecule is Oc1ccc(CNCC2CCCS2)c(O)c1. The van der Waals surface area contributed by atoms with Crippen LogP contribution in [-0.2, 0) is 6.54 Å². The maximum atomic E-state index is 9.58. The molecule has 3 nitrogen and oxygen atoms in total. The molecule has 16 heavy (non-hydrogen) atoms. The third-order valence-electron chi connectivity index (χ3n) is 2.78. The smallest absolute Gasteiger partial charge is 0.123 e. The average Bonchev–Trinajstić information content (AvgIpc) is 2.74. The summed E-state index contributed by atoms with van der Waals surface area (Å²) in [5.41, 5.74) is 0.834. The molecule has 1 atom stereocenters. The van der Waals surface area contributed by atoms with E-state index in [0.29, 0.717) is 6.54 Å². The number of hydrogen-bond donors (Lipinski definition) is 3. The molecule has 0 aliphatic carbocycles. The standard InChI is InChI=1S/C12H17NO2S/c14-10-4-3-9(12(15)6-10)7-13-8-11-2-1-5-16-11/h3-4,6,11,13-15H,1-2,5,7-8H2. The summed E-state index contributed by atoms with van der Waals surface area (Å²) in [4.78, 5) is 0. The molecule has 1 aromatic carbocycles. The summed E-state index contributed by atoms with van der Waals surface area (Å²) < 4.78 is 0. The Bertz CT molecular complexity index is 351. The first-order valence-electron chi connectivity index (χ1n) is 5.59. The van der Waals surface area contributed by atoms with E-state index in [4.69, 9.17) is 5.11 Å². The second-order valence-corrected chi connectivity index (χ2v) is 5.49. The topological polar surface area (TPSA) is 52.5 Å². The van der Waals surface area contributed by atoms with Crippen LogP contribution in [0.5, 0.6) is 11.5 Å². The predicted octanol–water partition coefficient (Wildman–Crippen LogP) is 2.08. The van der Waals surface area contributed by atoms with Crippen molar-refractivity contribution in [1.82, 2.24) is 5.32 Å². The minimum Gasteiger partial charge on any atom is -0.508 e. The number of benzene rings is 1. The zero-order valence-electron chi connectivity index (χ0n) is 9.15. The molecule has 1 heterocycles. The van der Waals surface area contributed by atoms with Crippen LogP contribution in [0, 0.1) is 0 Å². The number of phenolic OH excluding ortho intramolecular Hbond substituents is 2. The van der Waals surface area contributed by atoms with Gasteiger partial charge in [0.05, 0.1) is 0 Å². The van der Waals surface area contributed by atoms with Crippen LogP contribution in [0.4, 0.5) is 0 Å². The van der Waals surface area contributed by atoms with Crippen LogP contribution in [0.2, 0.25) is 0 Å². The van der Waals surface area contributed by atoms with Crippen LogP contribution in [0.1, 0.15) is 18.4 Å². The zero-order chi connectivity index (χ0) is 11.4. The molecule has 1 unspecified atom stereocenters. The fourth-order valence-electron chi connectivity index (χ4n) is 1.87. The quantitative estimate of drug-likeness (QED) is 0.753. The molecule has 1 saturated heterocycles. The first kappa shape index (κ1) is 11.6. The van der Waals surface area contributed by atoms with E-state index in [0.717, 1.165) is 17.4 Å². The first-order valence-corrected chi connectivity index (χ1v) is 6.64. The zero-order valence-corrected chi connectivity index (χ0v) is 9.96. The molecule has 1 aromatic rings. The number of phenols is 2. The van der Waals surface area contributed by atoms with Crippen molar-refractivity contribution in [3.63, 3.8) is 0 Å². The molecule has 3 N–H and O–H groups in total. The van der Waals surface area contributed by atoms with Crippen molar-refractivity contribution in [2.24, 2.45) is 0 Å². The monoisotopic (exact) mass is 239 g/mol. The van der Waals surface area contributed by atoms with E-state index in [1.165, 1.54) is 24.7 Å². The van der Waals surface area contributed by atoms with Gasteiger partial charge in [-0.05, 0) is 24.7 Å². The Labute approximate surface area is 99.9 Å². The second-order valence-electron chi connectivity index (χ2n) is 4.08. The Kier molecular flexibility index (Phi) is 3.96. The Morgan fingerprint density at radius 2 is 2.25 bits per heavy atom. The number of hydrogen-bond acceptors (Lipinski definition) is 4. The van der Waals surface area contributed by atoms with Gasteiger partial charge in [0.15, 0.2) is 0 Å². The molecule has 0 radical (unpaired) electrons. The van der Waals surface area contributed by atoms with Gasteiger partial charge in [-0.3, -0.25) is 0 Å². The van der Waals surface area contributed by atoms with Crippen molar-refractivity contribution in [1.29, 1.82) is 0 Å². The first-order chi connectivity index (χ1) is 7.75. The van der Waals surface area contributed by atoms with E-state index in [-0.39, 0.29) is 11.5 Å². The molecule has 0 bridgehead atoms. The van der Waals surface area contributed by atoms with E-state index < -0.39 is 0 Å². The van der Waals surface area contributed by atoms with Crippen LogP contribution in [0.25, 0.3) is 0 Å². The Morgan fingerprint density at radius 3 is 2.94 bits per heavy atom. The fraction of sp³-hybridized carbons (Fsp3) is 0.500. The van der Waals surface area contributed by atoms with Gasteiger partial charge in [-0.15, -0.1) is 0 Å². The van der Waals surface area contributed by atoms with E-state index in [9.17, 15) is 5.11 Å². The maximum absolute atomic E-state index is 9.58. The Hall–Kier alpha value is -0.870. The van der Waals surface area contributed by atoms with Gasteiger partial charge in [0.25, 0.3) is 0 Å². The van der Waals surface area contributed by atoms with Crippen molar-refractivity contribution in [3.05, 3.63) is 23.8 Å². The van der Waals surface area contributed by atoms with E-state index >= 15 is 0 Å². The highest BCUT2D eigenvalue weighted by molar-refractivity contribution is 8.00. The molecule has 1 aliphatic rings. The third-order valence-corrected chi connectivity index (χ3v) is 4.18. The van der Waals surface area contributed by atoms with Crippen LogP contribution >= 0.6 is 11.8 Å². The average molecular weight is 239 g/mol. The van der Waals surface area contributed by atoms with Crippen LogP contribution in [-0.4, -0.2) is 27.8 Å². The van der Waals surface area contributed by atoms with Gasteiger partial charge in [-0.25, -0.2) is 0 Å². The van der Waals surface area contributed by atoms with Crippen molar-refractivity contribution in [2.75, 3.05) is 12.3 Å². The van der Waals surface area contributed by atoms with Gasteiger partial charge in [0.2, 0.25) is 0 Å². The van der Waals surface area contributed by atoms with Crippen molar-refractivity contribution in [2.45, 2.75) is 24.6 Å². The predicted molar refractivity (Wildman–Crippen MR) is 67.0 cm³/mol. The van der Waals surface area contributed by atoms with Crippen molar-refractivity contribution in [3.8, 4) is 11.5 Å². The van der Waals surface area contributed by atoms with Crippen LogP contribution < -0.4 is 5.32 Å². The molecule has 0 aromatic heterocycles. The summed E-state index contributed by atoms with van der Waals surface area (Å²) in [6, 6.07) is 4.72. The molecule has 1 fully saturated rings. The highest BCUT2D eigenvalue weighted by Crippen LogP contribution is 2.26. The normalized spacial score (nSPS) is 20.1. The lowest BCUT2D eigenvalue weighted by molar-refractivity contribution is 0.443. The Balaban J connectivity index is 1.80. The molecule has 0 saturated carbocycles. The minimum atomic E-state index is 0.104. The van der Waals surface area contributed by atoms with Gasteiger partial charge in [0.1, 0.15) is 11.5 Å². The van der Waals surface area contributed by atoms with Gasteiger partial charge in [-0.1, -0.05) is 6.07 Å². The summed E-state index contributed by atoms with van der Waals surface area (Å²) in [5.74, 6) is 1.54. The molecule has 1 aliphatic heterocycles. The van der Waals surface area contributed by atoms with Gasteiger partial charge in [-0.2, -0.15) is 11.8 Å². The van der Waals surface area contributed by atoms with E-state index in [2.05, 4.69) is 5.32 Å². The molecule has 88 valence electrons. The summed E-state index contributed by atoms with van der Waals surface area (Å²) in [7, 11) is 0. The largest absolute Gasteiger partial charge is 0.508 e. The molecular weight excluding hydrogens is 222 g/mol. The Morgan fingerprint density at radius 1 is 1.38 bits per heavy atom. The lowest BCUT2D eigenvalue weighted by atomic mass is 10.2. The minimum absolute atomic E-state index is 0.104. The van der Waals surface area contributed by atoms with Gasteiger partial charge >= 0.3 is 0 Å². The highest BCUT2D eigenvalue weighted by atomic mass is 32.2. The lowest BCUT2D eigenvalue weighted by Gasteiger charge is -2.11. The lowest BCUT2D eigenvalue weighted by Crippen LogP contribution is -2.22. The van der Waals surface area contributed by atoms with Crippen molar-refractivity contribution >= 4 is 11.8 Å². The number of aromatic hydroxyl groups is 2. The van der Waals surface area contributed by atoms with Crippen LogP contribution in [0.3, 0.4) is 0 Å². The molecule has 0 spiro atoms. The van der Waals surface area contributed by atoms with Gasteiger partial charge in [0, 0.05) is 30.0 Å². The number of thioether (sulfide) groups is 1. The summed E-state index contributed by atoms with van der Waals surface area (Å²) in [5, 5.41) is 22.8. The molecular formula is C12H17NO2S. The molecule has 0 amide bonds. The molecule has 2 rings (SSSR count). The third kappa shape index (κ3) is 3.06. The second kappa shape index (κ2) is 5.46. The summed E-state index contributed by atoms with van der Waals surface area (Å²) in [6.45, 7) is 1.65. The number of nitrogens with one attached hydrogen (secondary N) is 1. The van der Waals surface area contributed by atoms with E-state index in [1.807, 2.05) is 11.8 Å². The van der Waals surface area contributed by atoms with E-state index in [1.54, 1.807) is 12.1 Å². The van der Waals surface area contributed by atoms with Crippen LogP contribution in [0.15, 0.2) is 18.2 Å². The van der Waals surface area contributed by atoms with Crippen molar-refractivity contribution < 1.29 is 10.2 Å². The summed E-state index contributed by atoms with van der Waals surface area (Å²) in [6.07, 6.45) is 2.61. The highest BCUT2D eigenvalue weighted by Gasteiger charge is 2.14. The maximum Gasteiger partial charge on any atom is 0.123 e. The van der Waals surface area contributed by atoms with Gasteiger partial charge < -0.3 is 15.5 Å². The summed E-state index contributed by atoms with van der Waals surface area (Å²) >= 11 is 2.02. The fourth-order valence-corrected chi connectivity index (χ4v) is 3.11.